The fourth-order valence-corrected chi connectivity index (χ4v) is 2.46. The van der Waals surface area contributed by atoms with Crippen molar-refractivity contribution in [3.63, 3.8) is 0 Å². The van der Waals surface area contributed by atoms with E-state index in [-0.39, 0.29) is 6.04 Å². The van der Waals surface area contributed by atoms with Crippen molar-refractivity contribution in [2.24, 2.45) is 0 Å². The Hall–Kier alpha value is -2.13. The molecule has 3 nitrogen and oxygen atoms in total. The van der Waals surface area contributed by atoms with Gasteiger partial charge >= 0.3 is 0 Å². The maximum atomic E-state index is 6.18. The SMILES string of the molecule is CC(Nc1cc(Cl)cc2cccnc12)c1ccncc1. The molecular formula is C16H14ClN3. The predicted octanol–water partition coefficient (Wildman–Crippen LogP) is 4.46. The number of rotatable bonds is 3. The summed E-state index contributed by atoms with van der Waals surface area (Å²) in [7, 11) is 0. The van der Waals surface area contributed by atoms with Crippen LogP contribution in [-0.2, 0) is 0 Å². The van der Waals surface area contributed by atoms with Crippen molar-refractivity contribution in [2.45, 2.75) is 13.0 Å². The highest BCUT2D eigenvalue weighted by Crippen LogP contribution is 2.29. The molecule has 3 rings (SSSR count). The second kappa shape index (κ2) is 5.47. The van der Waals surface area contributed by atoms with Crippen molar-refractivity contribution in [1.82, 2.24) is 9.97 Å². The highest BCUT2D eigenvalue weighted by atomic mass is 35.5. The quantitative estimate of drug-likeness (QED) is 0.771. The third-order valence-corrected chi connectivity index (χ3v) is 3.47. The number of anilines is 1. The molecule has 0 saturated heterocycles. The normalized spacial score (nSPS) is 12.3. The maximum Gasteiger partial charge on any atom is 0.0934 e. The van der Waals surface area contributed by atoms with Crippen LogP contribution in [0, 0.1) is 0 Å². The van der Waals surface area contributed by atoms with Gasteiger partial charge in [-0.2, -0.15) is 0 Å². The van der Waals surface area contributed by atoms with Crippen molar-refractivity contribution in [1.29, 1.82) is 0 Å². The molecule has 2 heterocycles. The van der Waals surface area contributed by atoms with Crippen LogP contribution < -0.4 is 5.32 Å². The van der Waals surface area contributed by atoms with E-state index in [0.29, 0.717) is 5.02 Å². The molecule has 0 saturated carbocycles. The molecule has 0 aliphatic carbocycles. The van der Waals surface area contributed by atoms with E-state index < -0.39 is 0 Å². The number of fused-ring (bicyclic) bond motifs is 1. The number of hydrogen-bond acceptors (Lipinski definition) is 3. The number of hydrogen-bond donors (Lipinski definition) is 1. The zero-order valence-electron chi connectivity index (χ0n) is 11.0. The molecule has 0 aliphatic heterocycles. The van der Waals surface area contributed by atoms with Gasteiger partial charge in [0.15, 0.2) is 0 Å². The number of pyridine rings is 2. The van der Waals surface area contributed by atoms with Crippen LogP contribution >= 0.6 is 11.6 Å². The van der Waals surface area contributed by atoms with Gasteiger partial charge in [-0.15, -0.1) is 0 Å². The summed E-state index contributed by atoms with van der Waals surface area (Å²) in [6.07, 6.45) is 5.38. The second-order valence-corrected chi connectivity index (χ2v) is 5.11. The van der Waals surface area contributed by atoms with Crippen molar-refractivity contribution < 1.29 is 0 Å². The summed E-state index contributed by atoms with van der Waals surface area (Å²) in [5.74, 6) is 0. The van der Waals surface area contributed by atoms with Crippen LogP contribution in [0.25, 0.3) is 10.9 Å². The molecule has 0 radical (unpaired) electrons. The lowest BCUT2D eigenvalue weighted by atomic mass is 10.1. The maximum absolute atomic E-state index is 6.18. The molecule has 100 valence electrons. The van der Waals surface area contributed by atoms with E-state index in [4.69, 9.17) is 11.6 Å². The van der Waals surface area contributed by atoms with Crippen LogP contribution in [0.2, 0.25) is 5.02 Å². The molecule has 0 aliphatic rings. The average Bonchev–Trinajstić information content (AvgIpc) is 2.48. The van der Waals surface area contributed by atoms with Gasteiger partial charge < -0.3 is 5.32 Å². The van der Waals surface area contributed by atoms with Crippen molar-refractivity contribution >= 4 is 28.2 Å². The molecule has 20 heavy (non-hydrogen) atoms. The summed E-state index contributed by atoms with van der Waals surface area (Å²) in [6.45, 7) is 2.10. The Bertz CT molecular complexity index is 728. The summed E-state index contributed by atoms with van der Waals surface area (Å²) in [5, 5.41) is 5.20. The molecular weight excluding hydrogens is 270 g/mol. The first kappa shape index (κ1) is 12.9. The molecule has 3 aromatic rings. The van der Waals surface area contributed by atoms with Gasteiger partial charge in [0.25, 0.3) is 0 Å². The van der Waals surface area contributed by atoms with Crippen LogP contribution in [0.4, 0.5) is 5.69 Å². The zero-order valence-corrected chi connectivity index (χ0v) is 11.8. The van der Waals surface area contributed by atoms with Gasteiger partial charge in [-0.05, 0) is 42.8 Å². The number of nitrogens with zero attached hydrogens (tertiary/aromatic N) is 2. The largest absolute Gasteiger partial charge is 0.377 e. The molecule has 0 spiro atoms. The predicted molar refractivity (Wildman–Crippen MR) is 83.0 cm³/mol. The lowest BCUT2D eigenvalue weighted by Gasteiger charge is -2.17. The molecule has 0 amide bonds. The fourth-order valence-electron chi connectivity index (χ4n) is 2.23. The molecule has 1 unspecified atom stereocenters. The third kappa shape index (κ3) is 2.58. The van der Waals surface area contributed by atoms with Crippen molar-refractivity contribution in [3.05, 3.63) is 65.6 Å². The lowest BCUT2D eigenvalue weighted by Crippen LogP contribution is -2.07. The van der Waals surface area contributed by atoms with Gasteiger partial charge in [-0.3, -0.25) is 9.97 Å². The monoisotopic (exact) mass is 283 g/mol. The van der Waals surface area contributed by atoms with Gasteiger partial charge in [0, 0.05) is 35.0 Å². The Balaban J connectivity index is 1.98. The Morgan fingerprint density at radius 2 is 1.90 bits per heavy atom. The zero-order chi connectivity index (χ0) is 13.9. The van der Waals surface area contributed by atoms with Crippen LogP contribution in [-0.4, -0.2) is 9.97 Å². The Labute approximate surface area is 122 Å². The lowest BCUT2D eigenvalue weighted by molar-refractivity contribution is 0.882. The van der Waals surface area contributed by atoms with Crippen LogP contribution in [0.1, 0.15) is 18.5 Å². The van der Waals surface area contributed by atoms with E-state index in [9.17, 15) is 0 Å². The number of aromatic nitrogens is 2. The highest BCUT2D eigenvalue weighted by Gasteiger charge is 2.09. The second-order valence-electron chi connectivity index (χ2n) is 4.68. The van der Waals surface area contributed by atoms with Gasteiger partial charge in [0.05, 0.1) is 11.2 Å². The molecule has 0 fully saturated rings. The first-order valence-electron chi connectivity index (χ1n) is 6.45. The Morgan fingerprint density at radius 3 is 2.70 bits per heavy atom. The van der Waals surface area contributed by atoms with Gasteiger partial charge in [-0.25, -0.2) is 0 Å². The van der Waals surface area contributed by atoms with Crippen molar-refractivity contribution in [3.8, 4) is 0 Å². The highest BCUT2D eigenvalue weighted by molar-refractivity contribution is 6.31. The topological polar surface area (TPSA) is 37.8 Å². The summed E-state index contributed by atoms with van der Waals surface area (Å²) in [4.78, 5) is 8.47. The first-order chi connectivity index (χ1) is 9.74. The summed E-state index contributed by atoms with van der Waals surface area (Å²) < 4.78 is 0. The van der Waals surface area contributed by atoms with E-state index >= 15 is 0 Å². The number of nitrogens with one attached hydrogen (secondary N) is 1. The van der Waals surface area contributed by atoms with Crippen LogP contribution in [0.3, 0.4) is 0 Å². The molecule has 1 aromatic carbocycles. The van der Waals surface area contributed by atoms with Crippen molar-refractivity contribution in [2.75, 3.05) is 5.32 Å². The van der Waals surface area contributed by atoms with E-state index in [2.05, 4.69) is 22.2 Å². The molecule has 0 bridgehead atoms. The molecule has 1 atom stereocenters. The van der Waals surface area contributed by atoms with Gasteiger partial charge in [0.2, 0.25) is 0 Å². The van der Waals surface area contributed by atoms with Crippen LogP contribution in [0.5, 0.6) is 0 Å². The summed E-state index contributed by atoms with van der Waals surface area (Å²) >= 11 is 6.18. The first-order valence-corrected chi connectivity index (χ1v) is 6.82. The fraction of sp³-hybridized carbons (Fsp3) is 0.125. The van der Waals surface area contributed by atoms with E-state index in [1.165, 1.54) is 5.56 Å². The summed E-state index contributed by atoms with van der Waals surface area (Å²) in [5.41, 5.74) is 3.04. The van der Waals surface area contributed by atoms with E-state index in [1.807, 2.05) is 36.4 Å². The molecule has 4 heteroatoms. The number of benzene rings is 1. The molecule has 2 aromatic heterocycles. The minimum atomic E-state index is 0.154. The minimum Gasteiger partial charge on any atom is -0.377 e. The standard InChI is InChI=1S/C16H14ClN3/c1-11(12-4-7-18-8-5-12)20-15-10-14(17)9-13-3-2-6-19-16(13)15/h2-11,20H,1H3. The Morgan fingerprint density at radius 1 is 1.10 bits per heavy atom. The Kier molecular flexibility index (Phi) is 3.52. The van der Waals surface area contributed by atoms with E-state index in [0.717, 1.165) is 16.6 Å². The third-order valence-electron chi connectivity index (χ3n) is 3.25. The smallest absolute Gasteiger partial charge is 0.0934 e. The van der Waals surface area contributed by atoms with Gasteiger partial charge in [-0.1, -0.05) is 17.7 Å². The van der Waals surface area contributed by atoms with Crippen LogP contribution in [0.15, 0.2) is 55.0 Å². The number of halogens is 1. The molecule has 1 N–H and O–H groups in total. The minimum absolute atomic E-state index is 0.154. The average molecular weight is 284 g/mol. The summed E-state index contributed by atoms with van der Waals surface area (Å²) in [6, 6.07) is 11.9. The van der Waals surface area contributed by atoms with Gasteiger partial charge in [0.1, 0.15) is 0 Å². The van der Waals surface area contributed by atoms with E-state index in [1.54, 1.807) is 18.6 Å².